The molecule has 0 saturated carbocycles. The quantitative estimate of drug-likeness (QED) is 0.438. The van der Waals surface area contributed by atoms with Crippen LogP contribution in [0.1, 0.15) is 25.3 Å². The van der Waals surface area contributed by atoms with E-state index in [-0.39, 0.29) is 17.1 Å². The van der Waals surface area contributed by atoms with Gasteiger partial charge in [-0.1, -0.05) is 67.2 Å². The molecule has 2 atom stereocenters. The van der Waals surface area contributed by atoms with Crippen LogP contribution in [0.4, 0.5) is 0 Å². The SMILES string of the molecule is CC(Sc1nnc(-c2c[nH]c3ccccc23)o1)C(=O)NCC(C)c1ccccc1. The van der Waals surface area contributed by atoms with Gasteiger partial charge in [-0.15, -0.1) is 10.2 Å². The second-order valence-electron chi connectivity index (χ2n) is 6.94. The van der Waals surface area contributed by atoms with Gasteiger partial charge < -0.3 is 14.7 Å². The first-order valence-corrected chi connectivity index (χ1v) is 10.4. The number of amides is 1. The lowest BCUT2D eigenvalue weighted by Crippen LogP contribution is -2.33. The lowest BCUT2D eigenvalue weighted by atomic mass is 10.0. The predicted molar refractivity (Wildman–Crippen MR) is 115 cm³/mol. The van der Waals surface area contributed by atoms with Crippen LogP contribution in [0.5, 0.6) is 0 Å². The highest BCUT2D eigenvalue weighted by Crippen LogP contribution is 2.30. The molecule has 1 amide bonds. The minimum Gasteiger partial charge on any atom is -0.411 e. The number of benzene rings is 2. The summed E-state index contributed by atoms with van der Waals surface area (Å²) in [7, 11) is 0. The molecular weight excluding hydrogens is 384 g/mol. The summed E-state index contributed by atoms with van der Waals surface area (Å²) in [6.45, 7) is 4.51. The zero-order chi connectivity index (χ0) is 20.2. The highest BCUT2D eigenvalue weighted by atomic mass is 32.2. The third kappa shape index (κ3) is 4.35. The van der Waals surface area contributed by atoms with Gasteiger partial charge in [-0.25, -0.2) is 0 Å². The third-order valence-electron chi connectivity index (χ3n) is 4.82. The number of carbonyl (C=O) groups is 1. The molecule has 29 heavy (non-hydrogen) atoms. The van der Waals surface area contributed by atoms with Gasteiger partial charge in [0, 0.05) is 23.6 Å². The number of carbonyl (C=O) groups excluding carboxylic acids is 1. The Balaban J connectivity index is 1.36. The number of hydrogen-bond acceptors (Lipinski definition) is 5. The van der Waals surface area contributed by atoms with Gasteiger partial charge in [-0.2, -0.15) is 0 Å². The Kier molecular flexibility index (Phi) is 5.67. The Hall–Kier alpha value is -3.06. The van der Waals surface area contributed by atoms with Gasteiger partial charge in [0.1, 0.15) is 0 Å². The number of rotatable bonds is 7. The predicted octanol–water partition coefficient (Wildman–Crippen LogP) is 4.62. The molecule has 6 nitrogen and oxygen atoms in total. The first-order valence-electron chi connectivity index (χ1n) is 9.51. The molecular formula is C22H22N4O2S. The van der Waals surface area contributed by atoms with Crippen molar-refractivity contribution in [3.63, 3.8) is 0 Å². The van der Waals surface area contributed by atoms with E-state index in [1.165, 1.54) is 17.3 Å². The molecule has 7 heteroatoms. The number of fused-ring (bicyclic) bond motifs is 1. The smallest absolute Gasteiger partial charge is 0.277 e. The van der Waals surface area contributed by atoms with Crippen LogP contribution < -0.4 is 5.32 Å². The molecule has 0 aliphatic rings. The average molecular weight is 407 g/mol. The fourth-order valence-electron chi connectivity index (χ4n) is 3.12. The molecule has 0 saturated heterocycles. The second kappa shape index (κ2) is 8.53. The summed E-state index contributed by atoms with van der Waals surface area (Å²) in [6, 6.07) is 18.1. The molecule has 4 rings (SSSR count). The molecule has 4 aromatic rings. The van der Waals surface area contributed by atoms with E-state index < -0.39 is 0 Å². The van der Waals surface area contributed by atoms with Gasteiger partial charge in [-0.05, 0) is 24.5 Å². The van der Waals surface area contributed by atoms with Crippen molar-refractivity contribution < 1.29 is 9.21 Å². The van der Waals surface area contributed by atoms with Crippen LogP contribution in [0.3, 0.4) is 0 Å². The van der Waals surface area contributed by atoms with Crippen molar-refractivity contribution in [1.29, 1.82) is 0 Å². The van der Waals surface area contributed by atoms with Crippen molar-refractivity contribution in [2.45, 2.75) is 30.2 Å². The first kappa shape index (κ1) is 19.3. The number of aromatic amines is 1. The summed E-state index contributed by atoms with van der Waals surface area (Å²) < 4.78 is 5.79. The van der Waals surface area contributed by atoms with E-state index in [0.29, 0.717) is 17.7 Å². The fourth-order valence-corrected chi connectivity index (χ4v) is 3.82. The van der Waals surface area contributed by atoms with Crippen LogP contribution in [0, 0.1) is 0 Å². The lowest BCUT2D eigenvalue weighted by Gasteiger charge is -2.15. The minimum atomic E-state index is -0.339. The normalized spacial score (nSPS) is 13.3. The van der Waals surface area contributed by atoms with Gasteiger partial charge in [0.25, 0.3) is 11.1 Å². The van der Waals surface area contributed by atoms with E-state index in [2.05, 4.69) is 39.6 Å². The second-order valence-corrected chi connectivity index (χ2v) is 8.23. The zero-order valence-electron chi connectivity index (χ0n) is 16.3. The monoisotopic (exact) mass is 406 g/mol. The molecule has 2 heterocycles. The molecule has 2 N–H and O–H groups in total. The Bertz CT molecular complexity index is 1110. The highest BCUT2D eigenvalue weighted by Gasteiger charge is 2.20. The number of nitrogens with one attached hydrogen (secondary N) is 2. The van der Waals surface area contributed by atoms with E-state index in [1.54, 1.807) is 0 Å². The van der Waals surface area contributed by atoms with E-state index in [0.717, 1.165) is 16.5 Å². The first-order chi connectivity index (χ1) is 14.1. The van der Waals surface area contributed by atoms with Crippen molar-refractivity contribution in [1.82, 2.24) is 20.5 Å². The van der Waals surface area contributed by atoms with Crippen molar-refractivity contribution in [2.24, 2.45) is 0 Å². The molecule has 0 radical (unpaired) electrons. The van der Waals surface area contributed by atoms with E-state index in [1.807, 2.05) is 55.6 Å². The van der Waals surface area contributed by atoms with Crippen LogP contribution in [0.15, 0.2) is 70.4 Å². The third-order valence-corrected chi connectivity index (χ3v) is 5.76. The standard InChI is InChI=1S/C22H22N4O2S/c1-14(16-8-4-3-5-9-16)12-24-20(27)15(2)29-22-26-25-21(28-22)18-13-23-19-11-7-6-10-17(18)19/h3-11,13-15,23H,12H2,1-2H3,(H,24,27). The number of para-hydroxylation sites is 1. The van der Waals surface area contributed by atoms with Crippen LogP contribution in [0.2, 0.25) is 0 Å². The molecule has 2 aromatic heterocycles. The van der Waals surface area contributed by atoms with Gasteiger partial charge in [-0.3, -0.25) is 4.79 Å². The minimum absolute atomic E-state index is 0.0513. The van der Waals surface area contributed by atoms with Crippen LogP contribution in [-0.4, -0.2) is 32.9 Å². The summed E-state index contributed by atoms with van der Waals surface area (Å²) in [5, 5.41) is 12.3. The Labute approximate surface area is 173 Å². The van der Waals surface area contributed by atoms with E-state index >= 15 is 0 Å². The Morgan fingerprint density at radius 3 is 2.69 bits per heavy atom. The van der Waals surface area contributed by atoms with Gasteiger partial charge in [0.2, 0.25) is 5.91 Å². The van der Waals surface area contributed by atoms with Gasteiger partial charge in [0.05, 0.1) is 10.8 Å². The van der Waals surface area contributed by atoms with Crippen molar-refractivity contribution in [3.05, 3.63) is 66.4 Å². The van der Waals surface area contributed by atoms with Gasteiger partial charge >= 0.3 is 0 Å². The summed E-state index contributed by atoms with van der Waals surface area (Å²) in [6.07, 6.45) is 1.85. The number of aromatic nitrogens is 3. The average Bonchev–Trinajstić information content (AvgIpc) is 3.39. The topological polar surface area (TPSA) is 83.8 Å². The summed E-state index contributed by atoms with van der Waals surface area (Å²) in [5.41, 5.74) is 3.07. The van der Waals surface area contributed by atoms with E-state index in [9.17, 15) is 4.79 Å². The van der Waals surface area contributed by atoms with Gasteiger partial charge in [0.15, 0.2) is 0 Å². The molecule has 148 valence electrons. The molecule has 2 unspecified atom stereocenters. The Morgan fingerprint density at radius 2 is 1.86 bits per heavy atom. The summed E-state index contributed by atoms with van der Waals surface area (Å²) in [4.78, 5) is 15.7. The summed E-state index contributed by atoms with van der Waals surface area (Å²) >= 11 is 1.26. The lowest BCUT2D eigenvalue weighted by molar-refractivity contribution is -0.120. The molecule has 0 spiro atoms. The molecule has 0 bridgehead atoms. The maximum Gasteiger partial charge on any atom is 0.277 e. The fraction of sp³-hybridized carbons (Fsp3) is 0.227. The van der Waals surface area contributed by atoms with Crippen LogP contribution in [-0.2, 0) is 4.79 Å². The van der Waals surface area contributed by atoms with Crippen molar-refractivity contribution >= 4 is 28.6 Å². The highest BCUT2D eigenvalue weighted by molar-refractivity contribution is 8.00. The van der Waals surface area contributed by atoms with E-state index in [4.69, 9.17) is 4.42 Å². The maximum atomic E-state index is 12.5. The van der Waals surface area contributed by atoms with Crippen LogP contribution >= 0.6 is 11.8 Å². The van der Waals surface area contributed by atoms with Crippen LogP contribution in [0.25, 0.3) is 22.4 Å². The zero-order valence-corrected chi connectivity index (χ0v) is 17.1. The number of thioether (sulfide) groups is 1. The number of H-pyrrole nitrogens is 1. The molecule has 2 aromatic carbocycles. The molecule has 0 fully saturated rings. The van der Waals surface area contributed by atoms with Crippen molar-refractivity contribution in [3.8, 4) is 11.5 Å². The number of nitrogens with zero attached hydrogens (tertiary/aromatic N) is 2. The number of hydrogen-bond donors (Lipinski definition) is 2. The molecule has 0 aliphatic heterocycles. The largest absolute Gasteiger partial charge is 0.411 e. The Morgan fingerprint density at radius 1 is 1.10 bits per heavy atom. The maximum absolute atomic E-state index is 12.5. The van der Waals surface area contributed by atoms with Crippen molar-refractivity contribution in [2.75, 3.05) is 6.54 Å². The molecule has 0 aliphatic carbocycles. The summed E-state index contributed by atoms with van der Waals surface area (Å²) in [5.74, 6) is 0.633.